The molecule has 2 fully saturated rings. The lowest BCUT2D eigenvalue weighted by atomic mass is 10.1. The molecule has 6 rings (SSSR count). The normalized spacial score (nSPS) is 18.2. The Bertz CT molecular complexity index is 1210. The summed E-state index contributed by atoms with van der Waals surface area (Å²) < 4.78 is 0. The zero-order valence-corrected chi connectivity index (χ0v) is 20.2. The van der Waals surface area contributed by atoms with Gasteiger partial charge >= 0.3 is 0 Å². The van der Waals surface area contributed by atoms with E-state index in [1.165, 1.54) is 0 Å². The minimum absolute atomic E-state index is 0.791. The molecule has 0 unspecified atom stereocenters. The second kappa shape index (κ2) is 10.2. The van der Waals surface area contributed by atoms with Crippen molar-refractivity contribution in [2.24, 2.45) is 4.99 Å². The van der Waals surface area contributed by atoms with E-state index >= 15 is 0 Å². The van der Waals surface area contributed by atoms with Crippen molar-refractivity contribution in [3.63, 3.8) is 0 Å². The van der Waals surface area contributed by atoms with Crippen molar-refractivity contribution in [1.82, 2.24) is 30.4 Å². The van der Waals surface area contributed by atoms with Gasteiger partial charge < -0.3 is 24.9 Å². The Balaban J connectivity index is 1.22. The van der Waals surface area contributed by atoms with E-state index in [1.807, 2.05) is 24.4 Å². The van der Waals surface area contributed by atoms with Crippen LogP contribution in [0.15, 0.2) is 72.1 Å². The van der Waals surface area contributed by atoms with Crippen molar-refractivity contribution in [3.05, 3.63) is 67.1 Å². The lowest BCUT2D eigenvalue weighted by Gasteiger charge is -2.38. The molecule has 0 amide bonds. The van der Waals surface area contributed by atoms with Gasteiger partial charge in [0.1, 0.15) is 5.69 Å². The van der Waals surface area contributed by atoms with Crippen molar-refractivity contribution in [1.29, 1.82) is 0 Å². The van der Waals surface area contributed by atoms with E-state index in [-0.39, 0.29) is 0 Å². The Kier molecular flexibility index (Phi) is 6.30. The molecule has 1 aromatic carbocycles. The quantitative estimate of drug-likeness (QED) is 0.598. The van der Waals surface area contributed by atoms with Crippen molar-refractivity contribution < 1.29 is 0 Å². The Morgan fingerprint density at radius 3 is 2.11 bits per heavy atom. The number of hydrogen-bond donors (Lipinski definition) is 1. The van der Waals surface area contributed by atoms with Gasteiger partial charge in [0.2, 0.25) is 5.95 Å². The molecule has 0 atom stereocenters. The zero-order chi connectivity index (χ0) is 24.2. The average molecular weight is 483 g/mol. The van der Waals surface area contributed by atoms with E-state index in [4.69, 9.17) is 5.10 Å². The van der Waals surface area contributed by atoms with Crippen LogP contribution < -0.4 is 20.0 Å². The van der Waals surface area contributed by atoms with Gasteiger partial charge in [-0.05, 0) is 12.1 Å². The molecule has 10 heteroatoms. The first kappa shape index (κ1) is 22.3. The number of aromatic nitrogens is 4. The van der Waals surface area contributed by atoms with Crippen molar-refractivity contribution >= 4 is 23.4 Å². The number of anilines is 3. The van der Waals surface area contributed by atoms with E-state index in [0.29, 0.717) is 0 Å². The molecule has 3 aliphatic heterocycles. The lowest BCUT2D eigenvalue weighted by Crippen LogP contribution is -2.53. The van der Waals surface area contributed by atoms with Crippen LogP contribution in [0.3, 0.4) is 0 Å². The van der Waals surface area contributed by atoms with Crippen molar-refractivity contribution in [2.45, 2.75) is 0 Å². The molecule has 0 radical (unpaired) electrons. The highest BCUT2D eigenvalue weighted by atomic mass is 15.4. The highest BCUT2D eigenvalue weighted by Gasteiger charge is 2.26. The number of hydrogen-bond acceptors (Lipinski definition) is 10. The van der Waals surface area contributed by atoms with Crippen molar-refractivity contribution in [3.8, 4) is 11.3 Å². The molecule has 2 aromatic heterocycles. The summed E-state index contributed by atoms with van der Waals surface area (Å²) in [5.74, 6) is 2.68. The van der Waals surface area contributed by atoms with E-state index in [1.54, 1.807) is 12.4 Å². The third-order valence-electron chi connectivity index (χ3n) is 6.85. The number of guanidine groups is 1. The topological polar surface area (TPSA) is 88.9 Å². The first-order valence-corrected chi connectivity index (χ1v) is 12.5. The summed E-state index contributed by atoms with van der Waals surface area (Å²) in [6.45, 7) is 7.84. The summed E-state index contributed by atoms with van der Waals surface area (Å²) in [5, 5.41) is 12.8. The van der Waals surface area contributed by atoms with Crippen LogP contribution in [-0.4, -0.2) is 89.9 Å². The summed E-state index contributed by atoms with van der Waals surface area (Å²) in [7, 11) is 0. The Morgan fingerprint density at radius 2 is 1.39 bits per heavy atom. The molecule has 0 saturated carbocycles. The highest BCUT2D eigenvalue weighted by molar-refractivity contribution is 5.82. The monoisotopic (exact) mass is 482 g/mol. The van der Waals surface area contributed by atoms with Gasteiger partial charge in [-0.3, -0.25) is 0 Å². The molecule has 2 saturated heterocycles. The van der Waals surface area contributed by atoms with Gasteiger partial charge in [0.25, 0.3) is 0 Å². The van der Waals surface area contributed by atoms with Gasteiger partial charge in [0.05, 0.1) is 5.69 Å². The minimum atomic E-state index is 0.791. The van der Waals surface area contributed by atoms with Crippen LogP contribution in [0, 0.1) is 0 Å². The molecule has 3 aliphatic rings. The molecular formula is C26H30N10. The van der Waals surface area contributed by atoms with Crippen LogP contribution >= 0.6 is 0 Å². The minimum Gasteiger partial charge on any atom is -0.366 e. The molecular weight excluding hydrogens is 452 g/mol. The summed E-state index contributed by atoms with van der Waals surface area (Å²) in [4.78, 5) is 22.6. The number of aliphatic imine (C=N–C) groups is 1. The second-order valence-electron chi connectivity index (χ2n) is 9.02. The number of piperazine rings is 2. The Hall–Kier alpha value is -4.21. The highest BCUT2D eigenvalue weighted by Crippen LogP contribution is 2.32. The first-order chi connectivity index (χ1) is 17.8. The number of nitrogens with one attached hydrogen (secondary N) is 1. The SMILES string of the molecule is C1=CN=C(N2CCN(c3cc(N4CCN(c5ncccn5)CC4)c(-c4ccccc4)nn3)CC2)NC1. The van der Waals surface area contributed by atoms with Gasteiger partial charge in [0.15, 0.2) is 11.8 Å². The van der Waals surface area contributed by atoms with Crippen LogP contribution in [0.25, 0.3) is 11.3 Å². The maximum atomic E-state index is 4.75. The molecule has 1 N–H and O–H groups in total. The fourth-order valence-corrected chi connectivity index (χ4v) is 4.88. The molecule has 0 aliphatic carbocycles. The van der Waals surface area contributed by atoms with Gasteiger partial charge in [-0.1, -0.05) is 30.3 Å². The molecule has 0 bridgehead atoms. The van der Waals surface area contributed by atoms with E-state index in [9.17, 15) is 0 Å². The summed E-state index contributed by atoms with van der Waals surface area (Å²) in [6, 6.07) is 14.4. The predicted octanol–water partition coefficient (Wildman–Crippen LogP) is 1.86. The number of rotatable bonds is 4. The fraction of sp³-hybridized carbons (Fsp3) is 0.346. The standard InChI is InChI=1S/C26H30N10/c1-2-6-21(7-3-1)24-22(33-12-16-35(17-13-33)25-27-8-4-9-28-25)20-23(31-32-24)34-14-18-36(19-15-34)26-29-10-5-11-30-26/h1-10,20H,11-19H2,(H,29,30). The van der Waals surface area contributed by atoms with E-state index < -0.39 is 0 Å². The molecule has 5 heterocycles. The molecule has 10 nitrogen and oxygen atoms in total. The maximum Gasteiger partial charge on any atom is 0.225 e. The average Bonchev–Trinajstić information content (AvgIpc) is 2.98. The van der Waals surface area contributed by atoms with Gasteiger partial charge in [0, 0.05) is 89.1 Å². The first-order valence-electron chi connectivity index (χ1n) is 12.5. The number of benzene rings is 1. The van der Waals surface area contributed by atoms with Gasteiger partial charge in [-0.2, -0.15) is 0 Å². The third kappa shape index (κ3) is 4.66. The van der Waals surface area contributed by atoms with E-state index in [0.717, 1.165) is 93.6 Å². The van der Waals surface area contributed by atoms with Crippen LogP contribution in [0.1, 0.15) is 0 Å². The van der Waals surface area contributed by atoms with Crippen molar-refractivity contribution in [2.75, 3.05) is 73.6 Å². The largest absolute Gasteiger partial charge is 0.366 e. The maximum absolute atomic E-state index is 4.75. The Labute approximate surface area is 211 Å². The summed E-state index contributed by atoms with van der Waals surface area (Å²) >= 11 is 0. The Morgan fingerprint density at radius 1 is 0.694 bits per heavy atom. The second-order valence-corrected chi connectivity index (χ2v) is 9.02. The van der Waals surface area contributed by atoms with E-state index in [2.05, 4.69) is 75.3 Å². The van der Waals surface area contributed by atoms with Gasteiger partial charge in [-0.25, -0.2) is 15.0 Å². The summed E-state index contributed by atoms with van der Waals surface area (Å²) in [6.07, 6.45) is 7.50. The molecule has 0 spiro atoms. The molecule has 184 valence electrons. The lowest BCUT2D eigenvalue weighted by molar-refractivity contribution is 0.372. The third-order valence-corrected chi connectivity index (χ3v) is 6.85. The summed E-state index contributed by atoms with van der Waals surface area (Å²) in [5.41, 5.74) is 3.14. The van der Waals surface area contributed by atoms with Crippen LogP contribution in [0.2, 0.25) is 0 Å². The zero-order valence-electron chi connectivity index (χ0n) is 20.2. The molecule has 3 aromatic rings. The predicted molar refractivity (Wildman–Crippen MR) is 142 cm³/mol. The molecule has 36 heavy (non-hydrogen) atoms. The van der Waals surface area contributed by atoms with Crippen LogP contribution in [-0.2, 0) is 0 Å². The van der Waals surface area contributed by atoms with Crippen LogP contribution in [0.4, 0.5) is 17.5 Å². The fourth-order valence-electron chi connectivity index (χ4n) is 4.88. The smallest absolute Gasteiger partial charge is 0.225 e. The van der Waals surface area contributed by atoms with Crippen LogP contribution in [0.5, 0.6) is 0 Å². The van der Waals surface area contributed by atoms with Gasteiger partial charge in [-0.15, -0.1) is 10.2 Å². The number of nitrogens with zero attached hydrogens (tertiary/aromatic N) is 9.